The van der Waals surface area contributed by atoms with Crippen molar-refractivity contribution in [3.8, 4) is 11.5 Å². The van der Waals surface area contributed by atoms with Gasteiger partial charge in [-0.1, -0.05) is 96.8 Å². The third-order valence-corrected chi connectivity index (χ3v) is 5.90. The maximum absolute atomic E-state index is 12.0. The fraction of sp³-hybridized carbons (Fsp3) is 0.714. The fourth-order valence-corrected chi connectivity index (χ4v) is 3.93. The number of benzene rings is 1. The minimum Gasteiger partial charge on any atom is -0.493 e. The number of methoxy groups -OCH3 is 1. The summed E-state index contributed by atoms with van der Waals surface area (Å²) < 4.78 is 10.8. The second kappa shape index (κ2) is 20.6. The molecule has 0 bridgehead atoms. The molecule has 0 aliphatic rings. The third kappa shape index (κ3) is 15.4. The van der Waals surface area contributed by atoms with Crippen LogP contribution in [0.1, 0.15) is 122 Å². The Hall–Kier alpha value is -2.04. The second-order valence-corrected chi connectivity index (χ2v) is 8.84. The monoisotopic (exact) mass is 460 g/mol. The van der Waals surface area contributed by atoms with Gasteiger partial charge in [0.25, 0.3) is 0 Å². The number of amides is 1. The zero-order chi connectivity index (χ0) is 24.0. The summed E-state index contributed by atoms with van der Waals surface area (Å²) in [6, 6.07) is 5.58. The van der Waals surface area contributed by atoms with Gasteiger partial charge in [-0.15, -0.1) is 0 Å². The van der Waals surface area contributed by atoms with Gasteiger partial charge in [-0.2, -0.15) is 5.10 Å². The minimum absolute atomic E-state index is 0.0288. The van der Waals surface area contributed by atoms with Gasteiger partial charge in [0.1, 0.15) is 0 Å². The predicted molar refractivity (Wildman–Crippen MR) is 139 cm³/mol. The average molecular weight is 461 g/mol. The van der Waals surface area contributed by atoms with Crippen LogP contribution in [0, 0.1) is 0 Å². The third-order valence-electron chi connectivity index (χ3n) is 5.90. The number of hydrogen-bond acceptors (Lipinski definition) is 4. The van der Waals surface area contributed by atoms with Crippen molar-refractivity contribution < 1.29 is 14.3 Å². The van der Waals surface area contributed by atoms with E-state index >= 15 is 0 Å². The van der Waals surface area contributed by atoms with Crippen LogP contribution in [-0.2, 0) is 4.79 Å². The van der Waals surface area contributed by atoms with Crippen LogP contribution in [0.2, 0.25) is 0 Å². The Kier molecular flexibility index (Phi) is 18.1. The zero-order valence-corrected chi connectivity index (χ0v) is 21.5. The molecule has 0 atom stereocenters. The molecule has 1 rings (SSSR count). The summed E-state index contributed by atoms with van der Waals surface area (Å²) >= 11 is 0. The lowest BCUT2D eigenvalue weighted by Crippen LogP contribution is -2.16. The van der Waals surface area contributed by atoms with Crippen molar-refractivity contribution in [2.24, 2.45) is 5.10 Å². The van der Waals surface area contributed by atoms with Crippen molar-refractivity contribution in [3.05, 3.63) is 23.8 Å². The Labute approximate surface area is 202 Å². The molecule has 0 unspecified atom stereocenters. The number of carbonyl (C=O) groups is 1. The average Bonchev–Trinajstić information content (AvgIpc) is 2.82. The molecule has 33 heavy (non-hydrogen) atoms. The van der Waals surface area contributed by atoms with E-state index in [4.69, 9.17) is 9.47 Å². The number of rotatable bonds is 21. The van der Waals surface area contributed by atoms with Crippen LogP contribution >= 0.6 is 0 Å². The summed E-state index contributed by atoms with van der Waals surface area (Å²) in [6.07, 6.45) is 22.0. The smallest absolute Gasteiger partial charge is 0.240 e. The van der Waals surface area contributed by atoms with E-state index in [1.54, 1.807) is 13.3 Å². The van der Waals surface area contributed by atoms with E-state index in [1.807, 2.05) is 25.1 Å². The first-order chi connectivity index (χ1) is 16.2. The largest absolute Gasteiger partial charge is 0.493 e. The Morgan fingerprint density at radius 2 is 1.36 bits per heavy atom. The number of nitrogens with one attached hydrogen (secondary N) is 1. The molecule has 0 fully saturated rings. The normalized spacial score (nSPS) is 11.1. The van der Waals surface area contributed by atoms with E-state index in [0.29, 0.717) is 24.5 Å². The van der Waals surface area contributed by atoms with E-state index in [2.05, 4.69) is 17.5 Å². The number of unbranched alkanes of at least 4 members (excludes halogenated alkanes) is 14. The molecule has 0 heterocycles. The molecule has 0 saturated heterocycles. The maximum atomic E-state index is 12.0. The number of hydrogen-bond donors (Lipinski definition) is 1. The molecular formula is C28H48N2O3. The van der Waals surface area contributed by atoms with Crippen molar-refractivity contribution in [2.75, 3.05) is 13.7 Å². The zero-order valence-electron chi connectivity index (χ0n) is 21.5. The summed E-state index contributed by atoms with van der Waals surface area (Å²) in [5.74, 6) is 1.33. The maximum Gasteiger partial charge on any atom is 0.240 e. The van der Waals surface area contributed by atoms with Crippen molar-refractivity contribution >= 4 is 12.1 Å². The van der Waals surface area contributed by atoms with Crippen molar-refractivity contribution in [3.63, 3.8) is 0 Å². The molecule has 5 heteroatoms. The van der Waals surface area contributed by atoms with E-state index in [1.165, 1.54) is 83.5 Å². The lowest BCUT2D eigenvalue weighted by Gasteiger charge is -2.09. The lowest BCUT2D eigenvalue weighted by molar-refractivity contribution is -0.121. The number of carbonyl (C=O) groups excluding carboxylic acids is 1. The standard InChI is InChI=1S/C28H48N2O3/c1-4-6-7-8-9-10-11-12-13-14-15-16-17-18-19-20-28(31)30-29-24-25-21-22-26(33-5-2)27(23-25)32-3/h21-24H,4-20H2,1-3H3,(H,30,31)/b29-24+. The van der Waals surface area contributed by atoms with E-state index in [9.17, 15) is 4.79 Å². The van der Waals surface area contributed by atoms with Gasteiger partial charge >= 0.3 is 0 Å². The Bertz CT molecular complexity index is 646. The summed E-state index contributed by atoms with van der Waals surface area (Å²) in [7, 11) is 1.61. The van der Waals surface area contributed by atoms with E-state index in [-0.39, 0.29) is 5.91 Å². The summed E-state index contributed by atoms with van der Waals surface area (Å²) in [4.78, 5) is 12.0. The molecule has 1 aromatic carbocycles. The molecule has 5 nitrogen and oxygen atoms in total. The molecule has 1 amide bonds. The van der Waals surface area contributed by atoms with E-state index < -0.39 is 0 Å². The van der Waals surface area contributed by atoms with Gasteiger partial charge in [-0.3, -0.25) is 4.79 Å². The Morgan fingerprint density at radius 1 is 0.818 bits per heavy atom. The van der Waals surface area contributed by atoms with Crippen molar-refractivity contribution in [1.82, 2.24) is 5.43 Å². The number of hydrazone groups is 1. The van der Waals surface area contributed by atoms with Crippen LogP contribution in [0.15, 0.2) is 23.3 Å². The summed E-state index contributed by atoms with van der Waals surface area (Å²) in [5, 5.41) is 4.06. The van der Waals surface area contributed by atoms with Gasteiger partial charge in [-0.25, -0.2) is 5.43 Å². The van der Waals surface area contributed by atoms with Crippen LogP contribution < -0.4 is 14.9 Å². The number of nitrogens with zero attached hydrogens (tertiary/aromatic N) is 1. The molecule has 0 aliphatic carbocycles. The van der Waals surface area contributed by atoms with Gasteiger partial charge in [-0.05, 0) is 37.1 Å². The van der Waals surface area contributed by atoms with Gasteiger partial charge < -0.3 is 9.47 Å². The van der Waals surface area contributed by atoms with Crippen molar-refractivity contribution in [2.45, 2.75) is 117 Å². The first-order valence-electron chi connectivity index (χ1n) is 13.3. The van der Waals surface area contributed by atoms with Crippen LogP contribution in [0.25, 0.3) is 0 Å². The van der Waals surface area contributed by atoms with Gasteiger partial charge in [0.15, 0.2) is 11.5 Å². The number of ether oxygens (including phenoxy) is 2. The topological polar surface area (TPSA) is 59.9 Å². The molecule has 0 spiro atoms. The molecular weight excluding hydrogens is 412 g/mol. The van der Waals surface area contributed by atoms with Gasteiger partial charge in [0.05, 0.1) is 19.9 Å². The van der Waals surface area contributed by atoms with Gasteiger partial charge in [0, 0.05) is 6.42 Å². The highest BCUT2D eigenvalue weighted by Gasteiger charge is 2.04. The Morgan fingerprint density at radius 3 is 1.88 bits per heavy atom. The molecule has 0 saturated carbocycles. The van der Waals surface area contributed by atoms with Crippen molar-refractivity contribution in [1.29, 1.82) is 0 Å². The summed E-state index contributed by atoms with van der Waals surface area (Å²) in [5.41, 5.74) is 3.47. The van der Waals surface area contributed by atoms with Crippen LogP contribution in [0.3, 0.4) is 0 Å². The molecule has 0 radical (unpaired) electrons. The highest BCUT2D eigenvalue weighted by Crippen LogP contribution is 2.27. The molecule has 188 valence electrons. The quantitative estimate of drug-likeness (QED) is 0.116. The molecule has 1 aromatic rings. The first-order valence-corrected chi connectivity index (χ1v) is 13.3. The predicted octanol–water partition coefficient (Wildman–Crippen LogP) is 7.81. The lowest BCUT2D eigenvalue weighted by atomic mass is 10.0. The molecule has 0 aliphatic heterocycles. The minimum atomic E-state index is -0.0288. The second-order valence-electron chi connectivity index (χ2n) is 8.84. The Balaban J connectivity index is 1.98. The molecule has 1 N–H and O–H groups in total. The highest BCUT2D eigenvalue weighted by atomic mass is 16.5. The van der Waals surface area contributed by atoms with E-state index in [0.717, 1.165) is 18.4 Å². The SMILES string of the molecule is CCCCCCCCCCCCCCCCCC(=O)N/N=C/c1ccc(OCC)c(OC)c1. The highest BCUT2D eigenvalue weighted by molar-refractivity contribution is 5.83. The fourth-order valence-electron chi connectivity index (χ4n) is 3.93. The van der Waals surface area contributed by atoms with Crippen LogP contribution in [0.4, 0.5) is 0 Å². The van der Waals surface area contributed by atoms with Crippen LogP contribution in [0.5, 0.6) is 11.5 Å². The van der Waals surface area contributed by atoms with Gasteiger partial charge in [0.2, 0.25) is 5.91 Å². The summed E-state index contributed by atoms with van der Waals surface area (Å²) in [6.45, 7) is 4.79. The molecule has 0 aromatic heterocycles. The van der Waals surface area contributed by atoms with Crippen LogP contribution in [-0.4, -0.2) is 25.8 Å². The first kappa shape index (κ1) is 29.0.